The molecule has 0 heterocycles. The van der Waals surface area contributed by atoms with E-state index in [0.717, 1.165) is 13.0 Å². The van der Waals surface area contributed by atoms with Gasteiger partial charge >= 0.3 is 0 Å². The van der Waals surface area contributed by atoms with E-state index >= 15 is 0 Å². The van der Waals surface area contributed by atoms with Crippen LogP contribution < -0.4 is 11.1 Å². The van der Waals surface area contributed by atoms with Crippen LogP contribution in [0.5, 0.6) is 0 Å². The lowest BCUT2D eigenvalue weighted by molar-refractivity contribution is 0.179. The summed E-state index contributed by atoms with van der Waals surface area (Å²) in [4.78, 5) is 0. The summed E-state index contributed by atoms with van der Waals surface area (Å²) in [6, 6.07) is 8.50. The van der Waals surface area contributed by atoms with Crippen molar-refractivity contribution in [1.29, 1.82) is 0 Å². The molecular formula is C15H24N2. The molecule has 1 aliphatic rings. The molecule has 1 fully saturated rings. The maximum Gasteiger partial charge on any atom is 0.0180 e. The van der Waals surface area contributed by atoms with E-state index in [1.54, 1.807) is 0 Å². The minimum atomic E-state index is 0.456. The Labute approximate surface area is 105 Å². The van der Waals surface area contributed by atoms with E-state index in [2.05, 4.69) is 36.5 Å². The number of rotatable bonds is 6. The lowest BCUT2D eigenvalue weighted by Crippen LogP contribution is -2.51. The van der Waals surface area contributed by atoms with Crippen molar-refractivity contribution in [2.24, 2.45) is 5.73 Å². The molecule has 0 aromatic heterocycles. The summed E-state index contributed by atoms with van der Waals surface area (Å²) in [5.74, 6) is 0. The van der Waals surface area contributed by atoms with Crippen molar-refractivity contribution in [3.8, 4) is 0 Å². The van der Waals surface area contributed by atoms with Gasteiger partial charge in [-0.1, -0.05) is 31.2 Å². The monoisotopic (exact) mass is 232 g/mol. The molecule has 17 heavy (non-hydrogen) atoms. The summed E-state index contributed by atoms with van der Waals surface area (Å²) in [6.45, 7) is 4.01. The summed E-state index contributed by atoms with van der Waals surface area (Å²) < 4.78 is 0. The van der Waals surface area contributed by atoms with Gasteiger partial charge in [0.1, 0.15) is 0 Å². The Bertz CT molecular complexity index is 350. The van der Waals surface area contributed by atoms with Crippen LogP contribution >= 0.6 is 0 Å². The molecule has 1 aromatic rings. The highest BCUT2D eigenvalue weighted by Crippen LogP contribution is 2.34. The standard InChI is InChI=1S/C15H24N2/c1-2-15(9-5-10-15)17-11-8-13-6-3-4-7-14(13)12-16/h3-4,6-7,17H,2,5,8-12,16H2,1H3. The van der Waals surface area contributed by atoms with Crippen molar-refractivity contribution in [2.75, 3.05) is 6.54 Å². The van der Waals surface area contributed by atoms with Gasteiger partial charge in [-0.25, -0.2) is 0 Å². The van der Waals surface area contributed by atoms with Gasteiger partial charge < -0.3 is 11.1 Å². The van der Waals surface area contributed by atoms with Crippen LogP contribution in [0.15, 0.2) is 24.3 Å². The summed E-state index contributed by atoms with van der Waals surface area (Å²) in [7, 11) is 0. The smallest absolute Gasteiger partial charge is 0.0180 e. The second-order valence-electron chi connectivity index (χ2n) is 5.14. The van der Waals surface area contributed by atoms with E-state index in [4.69, 9.17) is 5.73 Å². The summed E-state index contributed by atoms with van der Waals surface area (Å²) in [6.07, 6.45) is 6.44. The van der Waals surface area contributed by atoms with E-state index in [0.29, 0.717) is 12.1 Å². The number of hydrogen-bond donors (Lipinski definition) is 2. The summed E-state index contributed by atoms with van der Waals surface area (Å²) in [5, 5.41) is 3.74. The Kier molecular flexibility index (Phi) is 4.19. The molecule has 2 heteroatoms. The molecule has 0 atom stereocenters. The lowest BCUT2D eigenvalue weighted by atomic mass is 9.75. The largest absolute Gasteiger partial charge is 0.326 e. The second-order valence-corrected chi connectivity index (χ2v) is 5.14. The molecule has 3 N–H and O–H groups in total. The molecule has 0 spiro atoms. The average Bonchev–Trinajstić information content (AvgIpc) is 2.33. The van der Waals surface area contributed by atoms with E-state index in [1.165, 1.54) is 36.8 Å². The number of hydrogen-bond acceptors (Lipinski definition) is 2. The van der Waals surface area contributed by atoms with Crippen LogP contribution in [0.1, 0.15) is 43.7 Å². The van der Waals surface area contributed by atoms with Crippen molar-refractivity contribution in [3.63, 3.8) is 0 Å². The molecular weight excluding hydrogens is 208 g/mol. The zero-order valence-corrected chi connectivity index (χ0v) is 10.8. The zero-order chi connectivity index (χ0) is 12.1. The van der Waals surface area contributed by atoms with Gasteiger partial charge in [0.2, 0.25) is 0 Å². The van der Waals surface area contributed by atoms with Gasteiger partial charge in [-0.05, 0) is 49.8 Å². The van der Waals surface area contributed by atoms with Gasteiger partial charge in [0.25, 0.3) is 0 Å². The normalized spacial score (nSPS) is 17.8. The minimum absolute atomic E-state index is 0.456. The van der Waals surface area contributed by atoms with Crippen LogP contribution in [0.25, 0.3) is 0 Å². The first-order valence-corrected chi connectivity index (χ1v) is 6.81. The van der Waals surface area contributed by atoms with Gasteiger partial charge in [-0.3, -0.25) is 0 Å². The second kappa shape index (κ2) is 5.65. The number of nitrogens with one attached hydrogen (secondary N) is 1. The molecule has 0 saturated heterocycles. The highest BCUT2D eigenvalue weighted by molar-refractivity contribution is 5.27. The predicted molar refractivity (Wildman–Crippen MR) is 72.9 cm³/mol. The van der Waals surface area contributed by atoms with E-state index in [1.807, 2.05) is 0 Å². The third kappa shape index (κ3) is 2.88. The van der Waals surface area contributed by atoms with Gasteiger partial charge in [0.05, 0.1) is 0 Å². The lowest BCUT2D eigenvalue weighted by Gasteiger charge is -2.42. The summed E-state index contributed by atoms with van der Waals surface area (Å²) >= 11 is 0. The van der Waals surface area contributed by atoms with E-state index in [-0.39, 0.29) is 0 Å². The van der Waals surface area contributed by atoms with Crippen LogP contribution in [-0.4, -0.2) is 12.1 Å². The SMILES string of the molecule is CCC1(NCCc2ccccc2CN)CCC1. The molecule has 94 valence electrons. The van der Waals surface area contributed by atoms with Gasteiger partial charge in [0, 0.05) is 12.1 Å². The van der Waals surface area contributed by atoms with Crippen molar-refractivity contribution in [2.45, 2.75) is 51.1 Å². The minimum Gasteiger partial charge on any atom is -0.326 e. The predicted octanol–water partition coefficient (Wildman–Crippen LogP) is 2.61. The van der Waals surface area contributed by atoms with Gasteiger partial charge in [0.15, 0.2) is 0 Å². The third-order valence-corrected chi connectivity index (χ3v) is 4.22. The number of nitrogens with two attached hydrogens (primary N) is 1. The van der Waals surface area contributed by atoms with Crippen LogP contribution in [0.4, 0.5) is 0 Å². The van der Waals surface area contributed by atoms with Crippen molar-refractivity contribution in [3.05, 3.63) is 35.4 Å². The van der Waals surface area contributed by atoms with E-state index < -0.39 is 0 Å². The topological polar surface area (TPSA) is 38.0 Å². The number of benzene rings is 1. The molecule has 1 saturated carbocycles. The molecule has 0 unspecified atom stereocenters. The highest BCUT2D eigenvalue weighted by atomic mass is 15.0. The Morgan fingerprint density at radius 1 is 1.24 bits per heavy atom. The third-order valence-electron chi connectivity index (χ3n) is 4.22. The van der Waals surface area contributed by atoms with Gasteiger partial charge in [-0.15, -0.1) is 0 Å². The first-order valence-electron chi connectivity index (χ1n) is 6.81. The maximum atomic E-state index is 5.75. The Morgan fingerprint density at radius 3 is 2.47 bits per heavy atom. The first kappa shape index (κ1) is 12.6. The van der Waals surface area contributed by atoms with E-state index in [9.17, 15) is 0 Å². The quantitative estimate of drug-likeness (QED) is 0.791. The van der Waals surface area contributed by atoms with Crippen molar-refractivity contribution >= 4 is 0 Å². The molecule has 1 aromatic carbocycles. The first-order chi connectivity index (χ1) is 8.29. The fourth-order valence-corrected chi connectivity index (χ4v) is 2.72. The van der Waals surface area contributed by atoms with Crippen molar-refractivity contribution in [1.82, 2.24) is 5.32 Å². The molecule has 2 nitrogen and oxygen atoms in total. The summed E-state index contributed by atoms with van der Waals surface area (Å²) in [5.41, 5.74) is 8.89. The fourth-order valence-electron chi connectivity index (χ4n) is 2.72. The molecule has 1 aliphatic carbocycles. The van der Waals surface area contributed by atoms with Crippen LogP contribution in [-0.2, 0) is 13.0 Å². The fraction of sp³-hybridized carbons (Fsp3) is 0.600. The average molecular weight is 232 g/mol. The zero-order valence-electron chi connectivity index (χ0n) is 10.8. The molecule has 2 rings (SSSR count). The maximum absolute atomic E-state index is 5.75. The van der Waals surface area contributed by atoms with Gasteiger partial charge in [-0.2, -0.15) is 0 Å². The molecule has 0 bridgehead atoms. The molecule has 0 aliphatic heterocycles. The van der Waals surface area contributed by atoms with Crippen molar-refractivity contribution < 1.29 is 0 Å². The van der Waals surface area contributed by atoms with Crippen LogP contribution in [0, 0.1) is 0 Å². The van der Waals surface area contributed by atoms with Crippen LogP contribution in [0.3, 0.4) is 0 Å². The Morgan fingerprint density at radius 2 is 1.94 bits per heavy atom. The highest BCUT2D eigenvalue weighted by Gasteiger charge is 2.33. The molecule has 0 amide bonds. The Balaban J connectivity index is 1.85. The Hall–Kier alpha value is -0.860. The molecule has 0 radical (unpaired) electrons. The van der Waals surface area contributed by atoms with Crippen LogP contribution in [0.2, 0.25) is 0 Å².